The number of halogens is 3. The van der Waals surface area contributed by atoms with E-state index in [4.69, 9.17) is 23.2 Å². The van der Waals surface area contributed by atoms with Gasteiger partial charge in [-0.05, 0) is 74.0 Å². The Hall–Kier alpha value is -3.39. The van der Waals surface area contributed by atoms with Crippen LogP contribution in [0.3, 0.4) is 0 Å². The van der Waals surface area contributed by atoms with Crippen molar-refractivity contribution in [2.24, 2.45) is 0 Å². The molecule has 4 aromatic rings. The molecule has 1 fully saturated rings. The van der Waals surface area contributed by atoms with E-state index < -0.39 is 17.8 Å². The average Bonchev–Trinajstić information content (AvgIpc) is 3.10. The number of carbonyl (C=O) groups excluding carboxylic acids is 3. The van der Waals surface area contributed by atoms with E-state index >= 15 is 0 Å². The van der Waals surface area contributed by atoms with Crippen molar-refractivity contribution in [3.63, 3.8) is 0 Å². The van der Waals surface area contributed by atoms with Gasteiger partial charge in [-0.15, -0.1) is 0 Å². The van der Waals surface area contributed by atoms with Gasteiger partial charge in [0.15, 0.2) is 0 Å². The van der Waals surface area contributed by atoms with Gasteiger partial charge in [-0.3, -0.25) is 14.9 Å². The molecule has 37 heavy (non-hydrogen) atoms. The van der Waals surface area contributed by atoms with E-state index in [2.05, 4.69) is 25.8 Å². The molecule has 0 atom stereocenters. The van der Waals surface area contributed by atoms with Crippen LogP contribution in [0.15, 0.2) is 70.7 Å². The maximum Gasteiger partial charge on any atom is 0.335 e. The number of hydrogen-bond acceptors (Lipinski definition) is 3. The lowest BCUT2D eigenvalue weighted by molar-refractivity contribution is -0.122. The number of nitrogens with one attached hydrogen (secondary N) is 1. The molecular formula is C28H20BrCl2N3O3. The van der Waals surface area contributed by atoms with Gasteiger partial charge in [0, 0.05) is 33.2 Å². The van der Waals surface area contributed by atoms with Crippen LogP contribution >= 0.6 is 39.1 Å². The SMILES string of the molecule is Cc1ccc2c(c1)c(C=C1C(=O)NC(=O)N(c3ccc(Br)cc3)C1=O)c(C)n2Cc1ccc(Cl)c(Cl)c1. The molecule has 1 aliphatic heterocycles. The third kappa shape index (κ3) is 4.70. The number of fused-ring (bicyclic) bond motifs is 1. The van der Waals surface area contributed by atoms with Crippen LogP contribution in [0.4, 0.5) is 10.5 Å². The summed E-state index contributed by atoms with van der Waals surface area (Å²) in [7, 11) is 0. The van der Waals surface area contributed by atoms with Gasteiger partial charge < -0.3 is 4.57 Å². The second-order valence-electron chi connectivity index (χ2n) is 8.79. The lowest BCUT2D eigenvalue weighted by atomic mass is 10.0. The highest BCUT2D eigenvalue weighted by molar-refractivity contribution is 9.10. The van der Waals surface area contributed by atoms with E-state index in [0.717, 1.165) is 42.7 Å². The molecule has 0 aliphatic carbocycles. The second-order valence-corrected chi connectivity index (χ2v) is 10.5. The molecule has 0 unspecified atom stereocenters. The first kappa shape index (κ1) is 25.3. The van der Waals surface area contributed by atoms with E-state index in [-0.39, 0.29) is 5.57 Å². The van der Waals surface area contributed by atoms with Gasteiger partial charge in [-0.25, -0.2) is 9.69 Å². The number of hydrogen-bond donors (Lipinski definition) is 1. The Morgan fingerprint density at radius 3 is 2.35 bits per heavy atom. The fraction of sp³-hybridized carbons (Fsp3) is 0.107. The van der Waals surface area contributed by atoms with E-state index in [0.29, 0.717) is 22.3 Å². The molecular weight excluding hydrogens is 577 g/mol. The number of rotatable bonds is 4. The number of barbiturate groups is 1. The third-order valence-corrected chi connectivity index (χ3v) is 7.60. The van der Waals surface area contributed by atoms with Gasteiger partial charge in [0.25, 0.3) is 11.8 Å². The van der Waals surface area contributed by atoms with Gasteiger partial charge in [0.2, 0.25) is 0 Å². The van der Waals surface area contributed by atoms with Crippen LogP contribution in [0, 0.1) is 13.8 Å². The minimum absolute atomic E-state index is 0.124. The fourth-order valence-electron chi connectivity index (χ4n) is 4.45. The van der Waals surface area contributed by atoms with Crippen LogP contribution in [0.1, 0.15) is 22.4 Å². The Kier molecular flexibility index (Phi) is 6.70. The van der Waals surface area contributed by atoms with Crippen LogP contribution in [0.5, 0.6) is 0 Å². The van der Waals surface area contributed by atoms with Crippen molar-refractivity contribution in [3.8, 4) is 0 Å². The Labute approximate surface area is 231 Å². The van der Waals surface area contributed by atoms with E-state index in [1.54, 1.807) is 36.4 Å². The van der Waals surface area contributed by atoms with Gasteiger partial charge in [0.05, 0.1) is 15.7 Å². The molecule has 5 rings (SSSR count). The first-order valence-electron chi connectivity index (χ1n) is 11.3. The molecule has 1 saturated heterocycles. The number of benzene rings is 3. The van der Waals surface area contributed by atoms with E-state index in [1.807, 2.05) is 44.2 Å². The second kappa shape index (κ2) is 9.82. The predicted molar refractivity (Wildman–Crippen MR) is 150 cm³/mol. The number of aromatic nitrogens is 1. The lowest BCUT2D eigenvalue weighted by Gasteiger charge is -2.26. The van der Waals surface area contributed by atoms with E-state index in [9.17, 15) is 14.4 Å². The average molecular weight is 597 g/mol. The highest BCUT2D eigenvalue weighted by Gasteiger charge is 2.37. The van der Waals surface area contributed by atoms with Crippen LogP contribution in [0.2, 0.25) is 10.0 Å². The quantitative estimate of drug-likeness (QED) is 0.203. The smallest absolute Gasteiger partial charge is 0.335 e. The number of nitrogens with zero attached hydrogens (tertiary/aromatic N) is 2. The number of imide groups is 2. The zero-order valence-electron chi connectivity index (χ0n) is 19.8. The molecule has 1 aromatic heterocycles. The molecule has 9 heteroatoms. The Morgan fingerprint density at radius 2 is 1.65 bits per heavy atom. The molecule has 1 aliphatic rings. The number of urea groups is 1. The Balaban J connectivity index is 1.63. The zero-order valence-corrected chi connectivity index (χ0v) is 22.9. The summed E-state index contributed by atoms with van der Waals surface area (Å²) in [6, 6.07) is 17.4. The molecule has 0 bridgehead atoms. The van der Waals surface area contributed by atoms with Crippen molar-refractivity contribution in [3.05, 3.63) is 103 Å². The van der Waals surface area contributed by atoms with Crippen molar-refractivity contribution in [2.75, 3.05) is 4.90 Å². The first-order valence-corrected chi connectivity index (χ1v) is 12.9. The molecule has 4 amide bonds. The summed E-state index contributed by atoms with van der Waals surface area (Å²) in [5.74, 6) is -1.42. The summed E-state index contributed by atoms with van der Waals surface area (Å²) in [6.45, 7) is 4.42. The molecule has 6 nitrogen and oxygen atoms in total. The minimum atomic E-state index is -0.788. The number of amides is 4. The summed E-state index contributed by atoms with van der Waals surface area (Å²) >= 11 is 15.7. The van der Waals surface area contributed by atoms with Crippen molar-refractivity contribution in [1.82, 2.24) is 9.88 Å². The fourth-order valence-corrected chi connectivity index (χ4v) is 5.04. The normalized spacial score (nSPS) is 15.1. The van der Waals surface area contributed by atoms with E-state index in [1.165, 1.54) is 0 Å². The molecule has 0 radical (unpaired) electrons. The van der Waals surface area contributed by atoms with Gasteiger partial charge >= 0.3 is 6.03 Å². The van der Waals surface area contributed by atoms with Crippen molar-refractivity contribution in [1.29, 1.82) is 0 Å². The van der Waals surface area contributed by atoms with Gasteiger partial charge in [-0.1, -0.05) is 56.8 Å². The summed E-state index contributed by atoms with van der Waals surface area (Å²) in [5, 5.41) is 4.13. The molecule has 2 heterocycles. The highest BCUT2D eigenvalue weighted by atomic mass is 79.9. The monoisotopic (exact) mass is 595 g/mol. The molecule has 1 N–H and O–H groups in total. The lowest BCUT2D eigenvalue weighted by Crippen LogP contribution is -2.54. The Morgan fingerprint density at radius 1 is 0.919 bits per heavy atom. The standard InChI is InChI=1S/C28H20BrCl2N3O3/c1-15-3-10-25-21(11-15)20(16(2)33(25)14-17-4-9-23(30)24(31)12-17)13-22-26(35)32-28(37)34(27(22)36)19-7-5-18(29)6-8-19/h3-13H,14H2,1-2H3,(H,32,35,37). The number of carbonyl (C=O) groups is 3. The Bertz CT molecular complexity index is 1640. The van der Waals surface area contributed by atoms with Crippen LogP contribution in [0.25, 0.3) is 17.0 Å². The van der Waals surface area contributed by atoms with Gasteiger partial charge in [0.1, 0.15) is 5.57 Å². The molecule has 186 valence electrons. The predicted octanol–water partition coefficient (Wildman–Crippen LogP) is 7.04. The topological polar surface area (TPSA) is 71.4 Å². The largest absolute Gasteiger partial charge is 0.340 e. The van der Waals surface area contributed by atoms with Crippen molar-refractivity contribution in [2.45, 2.75) is 20.4 Å². The number of anilines is 1. The summed E-state index contributed by atoms with van der Waals surface area (Å²) in [5.41, 5.74) is 4.73. The van der Waals surface area contributed by atoms with Crippen LogP contribution in [-0.2, 0) is 16.1 Å². The summed E-state index contributed by atoms with van der Waals surface area (Å²) in [6.07, 6.45) is 1.57. The molecule has 0 spiro atoms. The first-order chi connectivity index (χ1) is 17.6. The van der Waals surface area contributed by atoms with Crippen LogP contribution < -0.4 is 10.2 Å². The third-order valence-electron chi connectivity index (χ3n) is 6.33. The minimum Gasteiger partial charge on any atom is -0.340 e. The van der Waals surface area contributed by atoms with Crippen molar-refractivity contribution >= 4 is 79.6 Å². The van der Waals surface area contributed by atoms with Crippen LogP contribution in [-0.4, -0.2) is 22.4 Å². The van der Waals surface area contributed by atoms with Crippen molar-refractivity contribution < 1.29 is 14.4 Å². The highest BCUT2D eigenvalue weighted by Crippen LogP contribution is 2.32. The summed E-state index contributed by atoms with van der Waals surface area (Å²) in [4.78, 5) is 39.8. The number of aryl methyl sites for hydroxylation is 1. The maximum absolute atomic E-state index is 13.4. The zero-order chi connectivity index (χ0) is 26.4. The molecule has 3 aromatic carbocycles. The molecule has 0 saturated carbocycles. The summed E-state index contributed by atoms with van der Waals surface area (Å²) < 4.78 is 2.90. The van der Waals surface area contributed by atoms with Gasteiger partial charge in [-0.2, -0.15) is 0 Å². The maximum atomic E-state index is 13.4.